The third kappa shape index (κ3) is 3.57. The summed E-state index contributed by atoms with van der Waals surface area (Å²) >= 11 is 0. The first kappa shape index (κ1) is 14.0. The molecule has 112 valence electrons. The topological polar surface area (TPSA) is 33.1 Å². The Kier molecular flexibility index (Phi) is 4.43. The zero-order valence-corrected chi connectivity index (χ0v) is 12.8. The molecule has 0 spiro atoms. The Morgan fingerprint density at radius 3 is 2.90 bits per heavy atom. The summed E-state index contributed by atoms with van der Waals surface area (Å²) in [6, 6.07) is 8.73. The Morgan fingerprint density at radius 1 is 1.24 bits per heavy atom. The first-order valence-corrected chi connectivity index (χ1v) is 7.95. The minimum absolute atomic E-state index is 0.827. The number of aryl methyl sites for hydroxylation is 1. The van der Waals surface area contributed by atoms with Crippen LogP contribution in [0, 0.1) is 0 Å². The third-order valence-electron chi connectivity index (χ3n) is 3.95. The average Bonchev–Trinajstić information content (AvgIpc) is 3.18. The molecule has 2 heterocycles. The molecule has 2 aromatic rings. The molecule has 1 aromatic carbocycles. The van der Waals surface area contributed by atoms with Gasteiger partial charge in [-0.3, -0.25) is 4.68 Å². The van der Waals surface area contributed by atoms with Crippen molar-refractivity contribution in [1.82, 2.24) is 9.78 Å². The maximum absolute atomic E-state index is 4.37. The molecule has 1 saturated heterocycles. The molecule has 1 aliphatic heterocycles. The van der Waals surface area contributed by atoms with Crippen molar-refractivity contribution in [2.24, 2.45) is 0 Å². The molecule has 1 N–H and O–H groups in total. The number of hydrogen-bond donors (Lipinski definition) is 1. The van der Waals surface area contributed by atoms with Crippen molar-refractivity contribution in [1.29, 1.82) is 0 Å². The maximum atomic E-state index is 4.37. The van der Waals surface area contributed by atoms with Crippen LogP contribution in [-0.2, 0) is 13.1 Å². The minimum Gasteiger partial charge on any atom is -0.381 e. The second-order valence-electron chi connectivity index (χ2n) is 5.71. The second kappa shape index (κ2) is 6.66. The fourth-order valence-corrected chi connectivity index (χ4v) is 2.84. The predicted molar refractivity (Wildman–Crippen MR) is 87.7 cm³/mol. The molecule has 0 bridgehead atoms. The standard InChI is InChI=1S/C17H24N4/c1-2-8-21-14-15(13-19-21)12-18-16-6-5-7-17(11-16)20-9-3-4-10-20/h5-7,11,13-14,18H,2-4,8-10,12H2,1H3. The molecular formula is C17H24N4. The second-order valence-corrected chi connectivity index (χ2v) is 5.71. The fraction of sp³-hybridized carbons (Fsp3) is 0.471. The third-order valence-corrected chi connectivity index (χ3v) is 3.95. The van der Waals surface area contributed by atoms with Crippen molar-refractivity contribution in [3.8, 4) is 0 Å². The van der Waals surface area contributed by atoms with E-state index in [-0.39, 0.29) is 0 Å². The van der Waals surface area contributed by atoms with E-state index in [0.29, 0.717) is 0 Å². The number of nitrogens with zero attached hydrogens (tertiary/aromatic N) is 3. The van der Waals surface area contributed by atoms with Crippen molar-refractivity contribution in [3.63, 3.8) is 0 Å². The van der Waals surface area contributed by atoms with Gasteiger partial charge < -0.3 is 10.2 Å². The zero-order valence-electron chi connectivity index (χ0n) is 12.8. The molecular weight excluding hydrogens is 260 g/mol. The lowest BCUT2D eigenvalue weighted by Crippen LogP contribution is -2.17. The van der Waals surface area contributed by atoms with E-state index >= 15 is 0 Å². The summed E-state index contributed by atoms with van der Waals surface area (Å²) in [6.07, 6.45) is 7.82. The summed E-state index contributed by atoms with van der Waals surface area (Å²) in [5.74, 6) is 0. The lowest BCUT2D eigenvalue weighted by atomic mass is 10.2. The first-order chi connectivity index (χ1) is 10.3. The molecule has 4 heteroatoms. The molecule has 3 rings (SSSR count). The Hall–Kier alpha value is -1.97. The fourth-order valence-electron chi connectivity index (χ4n) is 2.84. The van der Waals surface area contributed by atoms with Crippen molar-refractivity contribution in [2.75, 3.05) is 23.3 Å². The van der Waals surface area contributed by atoms with Gasteiger partial charge in [0.05, 0.1) is 6.20 Å². The van der Waals surface area contributed by atoms with Crippen molar-refractivity contribution in [3.05, 3.63) is 42.2 Å². The van der Waals surface area contributed by atoms with Crippen molar-refractivity contribution in [2.45, 2.75) is 39.3 Å². The molecule has 0 atom stereocenters. The predicted octanol–water partition coefficient (Wildman–Crippen LogP) is 3.51. The van der Waals surface area contributed by atoms with E-state index < -0.39 is 0 Å². The van der Waals surface area contributed by atoms with E-state index in [9.17, 15) is 0 Å². The molecule has 0 unspecified atom stereocenters. The molecule has 4 nitrogen and oxygen atoms in total. The van der Waals surface area contributed by atoms with Crippen LogP contribution in [0.2, 0.25) is 0 Å². The van der Waals surface area contributed by atoms with E-state index in [1.54, 1.807) is 0 Å². The number of rotatable bonds is 6. The van der Waals surface area contributed by atoms with Gasteiger partial charge in [-0.2, -0.15) is 5.10 Å². The van der Waals surface area contributed by atoms with Crippen LogP contribution >= 0.6 is 0 Å². The largest absolute Gasteiger partial charge is 0.381 e. The number of anilines is 2. The summed E-state index contributed by atoms with van der Waals surface area (Å²) in [5, 5.41) is 7.87. The zero-order chi connectivity index (χ0) is 14.5. The lowest BCUT2D eigenvalue weighted by Gasteiger charge is -2.18. The molecule has 0 amide bonds. The number of nitrogens with one attached hydrogen (secondary N) is 1. The first-order valence-electron chi connectivity index (χ1n) is 7.95. The Morgan fingerprint density at radius 2 is 2.10 bits per heavy atom. The van der Waals surface area contributed by atoms with Crippen LogP contribution in [0.25, 0.3) is 0 Å². The minimum atomic E-state index is 0.827. The highest BCUT2D eigenvalue weighted by Crippen LogP contribution is 2.23. The van der Waals surface area contributed by atoms with E-state index in [2.05, 4.69) is 52.7 Å². The van der Waals surface area contributed by atoms with Crippen LogP contribution < -0.4 is 10.2 Å². The van der Waals surface area contributed by atoms with Crippen LogP contribution in [0.4, 0.5) is 11.4 Å². The van der Waals surface area contributed by atoms with Gasteiger partial charge in [-0.15, -0.1) is 0 Å². The summed E-state index contributed by atoms with van der Waals surface area (Å²) < 4.78 is 2.01. The quantitative estimate of drug-likeness (QED) is 0.881. The van der Waals surface area contributed by atoms with Gasteiger partial charge in [0.1, 0.15) is 0 Å². The Bertz CT molecular complexity index is 570. The maximum Gasteiger partial charge on any atom is 0.0539 e. The van der Waals surface area contributed by atoms with Crippen LogP contribution in [0.3, 0.4) is 0 Å². The van der Waals surface area contributed by atoms with E-state index in [0.717, 1.165) is 19.5 Å². The molecule has 1 aromatic heterocycles. The Balaban J connectivity index is 1.60. The molecule has 1 aliphatic rings. The highest BCUT2D eigenvalue weighted by molar-refractivity contribution is 5.58. The van der Waals surface area contributed by atoms with Gasteiger partial charge in [-0.25, -0.2) is 0 Å². The molecule has 0 saturated carbocycles. The van der Waals surface area contributed by atoms with E-state index in [4.69, 9.17) is 0 Å². The Labute approximate surface area is 126 Å². The van der Waals surface area contributed by atoms with Crippen molar-refractivity contribution < 1.29 is 0 Å². The summed E-state index contributed by atoms with van der Waals surface area (Å²) in [4.78, 5) is 2.46. The van der Waals surface area contributed by atoms with E-state index in [1.165, 1.54) is 42.9 Å². The van der Waals surface area contributed by atoms with Gasteiger partial charge in [-0.1, -0.05) is 13.0 Å². The van der Waals surface area contributed by atoms with E-state index in [1.807, 2.05) is 10.9 Å². The number of aromatic nitrogens is 2. The lowest BCUT2D eigenvalue weighted by molar-refractivity contribution is 0.602. The van der Waals surface area contributed by atoms with Gasteiger partial charge in [-0.05, 0) is 37.5 Å². The van der Waals surface area contributed by atoms with Crippen LogP contribution in [-0.4, -0.2) is 22.9 Å². The summed E-state index contributed by atoms with van der Waals surface area (Å²) in [6.45, 7) is 6.36. The van der Waals surface area contributed by atoms with Gasteiger partial charge in [0, 0.05) is 49.3 Å². The van der Waals surface area contributed by atoms with Gasteiger partial charge >= 0.3 is 0 Å². The highest BCUT2D eigenvalue weighted by Gasteiger charge is 2.12. The van der Waals surface area contributed by atoms with Crippen LogP contribution in [0.15, 0.2) is 36.7 Å². The van der Waals surface area contributed by atoms with Crippen LogP contribution in [0.1, 0.15) is 31.7 Å². The normalized spacial score (nSPS) is 14.6. The smallest absolute Gasteiger partial charge is 0.0539 e. The van der Waals surface area contributed by atoms with Crippen molar-refractivity contribution >= 4 is 11.4 Å². The molecule has 1 fully saturated rings. The average molecular weight is 284 g/mol. The summed E-state index contributed by atoms with van der Waals surface area (Å²) in [7, 11) is 0. The molecule has 21 heavy (non-hydrogen) atoms. The molecule has 0 aliphatic carbocycles. The molecule has 0 radical (unpaired) electrons. The highest BCUT2D eigenvalue weighted by atomic mass is 15.3. The van der Waals surface area contributed by atoms with Gasteiger partial charge in [0.25, 0.3) is 0 Å². The van der Waals surface area contributed by atoms with Gasteiger partial charge in [0.15, 0.2) is 0 Å². The van der Waals surface area contributed by atoms with Gasteiger partial charge in [0.2, 0.25) is 0 Å². The number of benzene rings is 1. The SMILES string of the molecule is CCCn1cc(CNc2cccc(N3CCCC3)c2)cn1. The number of hydrogen-bond acceptors (Lipinski definition) is 3. The van der Waals surface area contributed by atoms with Crippen LogP contribution in [0.5, 0.6) is 0 Å². The summed E-state index contributed by atoms with van der Waals surface area (Å²) in [5.41, 5.74) is 3.75. The monoisotopic (exact) mass is 284 g/mol.